The molecule has 0 radical (unpaired) electrons. The van der Waals surface area contributed by atoms with Gasteiger partial charge in [0.05, 0.1) is 12.2 Å². The lowest BCUT2D eigenvalue weighted by Crippen LogP contribution is -2.12. The van der Waals surface area contributed by atoms with E-state index in [9.17, 15) is 9.59 Å². The Bertz CT molecular complexity index is 932. The van der Waals surface area contributed by atoms with Crippen molar-refractivity contribution in [3.05, 3.63) is 64.3 Å². The maximum absolute atomic E-state index is 12.4. The molecule has 0 atom stereocenters. The van der Waals surface area contributed by atoms with Crippen LogP contribution in [0.4, 0.5) is 5.69 Å². The van der Waals surface area contributed by atoms with Gasteiger partial charge in [-0.25, -0.2) is 4.79 Å². The van der Waals surface area contributed by atoms with Crippen LogP contribution in [0.2, 0.25) is 0 Å². The number of esters is 1. The monoisotopic (exact) mass is 401 g/mol. The third-order valence-electron chi connectivity index (χ3n) is 3.50. The van der Waals surface area contributed by atoms with Crippen LogP contribution in [-0.4, -0.2) is 18.5 Å². The Hall–Kier alpha value is -2.60. The Kier molecular flexibility index (Phi) is 5.19. The number of benzene rings is 2. The van der Waals surface area contributed by atoms with Crippen molar-refractivity contribution in [3.8, 4) is 0 Å². The molecule has 0 aliphatic heterocycles. The largest absolute Gasteiger partial charge is 0.462 e. The molecule has 0 bridgehead atoms. The van der Waals surface area contributed by atoms with Gasteiger partial charge in [-0.1, -0.05) is 28.9 Å². The fourth-order valence-electron chi connectivity index (χ4n) is 2.32. The highest BCUT2D eigenvalue weighted by Crippen LogP contribution is 2.24. The molecule has 0 saturated heterocycles. The normalized spacial score (nSPS) is 10.6. The molecule has 1 amide bonds. The molecule has 1 N–H and O–H groups in total. The average Bonchev–Trinajstić information content (AvgIpc) is 3.03. The van der Waals surface area contributed by atoms with Gasteiger partial charge in [-0.3, -0.25) is 4.79 Å². The number of carbonyl (C=O) groups excluding carboxylic acids is 2. The van der Waals surface area contributed by atoms with Crippen molar-refractivity contribution in [2.75, 3.05) is 11.9 Å². The number of furan rings is 1. The maximum Gasteiger partial charge on any atom is 0.338 e. The number of fused-ring (bicyclic) bond motifs is 1. The summed E-state index contributed by atoms with van der Waals surface area (Å²) in [4.78, 5) is 24.3. The minimum absolute atomic E-state index is 0.201. The zero-order valence-electron chi connectivity index (χ0n) is 13.5. The number of hydrogen-bond acceptors (Lipinski definition) is 4. The summed E-state index contributed by atoms with van der Waals surface area (Å²) in [6.45, 7) is 2.29. The highest BCUT2D eigenvalue weighted by molar-refractivity contribution is 9.10. The Labute approximate surface area is 153 Å². The average molecular weight is 402 g/mol. The summed E-state index contributed by atoms with van der Waals surface area (Å²) in [7, 11) is 0. The first-order valence-electron chi connectivity index (χ1n) is 7.84. The zero-order valence-corrected chi connectivity index (χ0v) is 15.1. The summed E-state index contributed by atoms with van der Waals surface area (Å²) < 4.78 is 11.6. The van der Waals surface area contributed by atoms with Crippen molar-refractivity contribution in [2.45, 2.75) is 13.3 Å². The molecular weight excluding hydrogens is 386 g/mol. The first kappa shape index (κ1) is 17.2. The van der Waals surface area contributed by atoms with Crippen LogP contribution in [0.15, 0.2) is 57.4 Å². The highest BCUT2D eigenvalue weighted by Gasteiger charge is 2.14. The Morgan fingerprint density at radius 1 is 1.16 bits per heavy atom. The second kappa shape index (κ2) is 7.53. The van der Waals surface area contributed by atoms with Crippen LogP contribution < -0.4 is 5.32 Å². The molecule has 0 unspecified atom stereocenters. The fourth-order valence-corrected chi connectivity index (χ4v) is 2.70. The van der Waals surface area contributed by atoms with E-state index in [1.807, 2.05) is 19.1 Å². The molecule has 3 aromatic rings. The first-order valence-corrected chi connectivity index (χ1v) is 8.64. The number of nitrogens with one attached hydrogen (secondary N) is 1. The lowest BCUT2D eigenvalue weighted by molar-refractivity contribution is 0.0505. The molecule has 1 aromatic heterocycles. The quantitative estimate of drug-likeness (QED) is 0.609. The summed E-state index contributed by atoms with van der Waals surface area (Å²) in [5.74, 6) is -0.593. The van der Waals surface area contributed by atoms with Gasteiger partial charge >= 0.3 is 5.97 Å². The van der Waals surface area contributed by atoms with Gasteiger partial charge in [0.2, 0.25) is 0 Å². The second-order valence-electron chi connectivity index (χ2n) is 5.46. The molecule has 5 nitrogen and oxygen atoms in total. The van der Waals surface area contributed by atoms with Gasteiger partial charge in [-0.05, 0) is 48.9 Å². The van der Waals surface area contributed by atoms with Gasteiger partial charge in [0.15, 0.2) is 5.76 Å². The van der Waals surface area contributed by atoms with E-state index in [-0.39, 0.29) is 11.7 Å². The molecule has 0 aliphatic rings. The second-order valence-corrected chi connectivity index (χ2v) is 6.38. The van der Waals surface area contributed by atoms with E-state index in [0.29, 0.717) is 23.4 Å². The minimum Gasteiger partial charge on any atom is -0.462 e. The van der Waals surface area contributed by atoms with Crippen LogP contribution in [0.1, 0.15) is 34.3 Å². The summed E-state index contributed by atoms with van der Waals surface area (Å²) in [6, 6.07) is 13.8. The lowest BCUT2D eigenvalue weighted by atomic mass is 10.2. The van der Waals surface area contributed by atoms with Crippen molar-refractivity contribution < 1.29 is 18.7 Å². The number of halogens is 1. The molecule has 0 spiro atoms. The van der Waals surface area contributed by atoms with Crippen LogP contribution >= 0.6 is 15.9 Å². The van der Waals surface area contributed by atoms with Crippen LogP contribution in [0.25, 0.3) is 11.0 Å². The van der Waals surface area contributed by atoms with Crippen LogP contribution in [-0.2, 0) is 4.74 Å². The summed E-state index contributed by atoms with van der Waals surface area (Å²) in [5.41, 5.74) is 1.52. The van der Waals surface area contributed by atoms with E-state index in [1.54, 1.807) is 36.4 Å². The van der Waals surface area contributed by atoms with E-state index in [4.69, 9.17) is 9.15 Å². The van der Waals surface area contributed by atoms with E-state index >= 15 is 0 Å². The molecule has 1 heterocycles. The van der Waals surface area contributed by atoms with Gasteiger partial charge in [-0.2, -0.15) is 0 Å². The Balaban J connectivity index is 1.76. The SMILES string of the molecule is CCCOC(=O)c1cccc(NC(=O)c2cc3cc(Br)ccc3o2)c1. The van der Waals surface area contributed by atoms with E-state index in [1.165, 1.54) is 0 Å². The smallest absolute Gasteiger partial charge is 0.338 e. The van der Waals surface area contributed by atoms with Crippen molar-refractivity contribution in [2.24, 2.45) is 0 Å². The Morgan fingerprint density at radius 3 is 2.80 bits per heavy atom. The molecule has 128 valence electrons. The zero-order chi connectivity index (χ0) is 17.8. The number of carbonyl (C=O) groups is 2. The third-order valence-corrected chi connectivity index (χ3v) is 3.99. The van der Waals surface area contributed by atoms with Crippen LogP contribution in [0.3, 0.4) is 0 Å². The van der Waals surface area contributed by atoms with Crippen molar-refractivity contribution in [3.63, 3.8) is 0 Å². The molecule has 0 fully saturated rings. The van der Waals surface area contributed by atoms with Crippen LogP contribution in [0.5, 0.6) is 0 Å². The van der Waals surface area contributed by atoms with Gasteiger partial charge in [-0.15, -0.1) is 0 Å². The van der Waals surface area contributed by atoms with Crippen molar-refractivity contribution >= 4 is 44.5 Å². The van der Waals surface area contributed by atoms with E-state index in [2.05, 4.69) is 21.2 Å². The number of anilines is 1. The molecule has 6 heteroatoms. The van der Waals surface area contributed by atoms with Gasteiger partial charge in [0.25, 0.3) is 5.91 Å². The maximum atomic E-state index is 12.4. The van der Waals surface area contributed by atoms with E-state index < -0.39 is 5.97 Å². The number of hydrogen-bond donors (Lipinski definition) is 1. The fraction of sp³-hybridized carbons (Fsp3) is 0.158. The standard InChI is InChI=1S/C19H16BrNO4/c1-2-8-24-19(23)12-4-3-5-15(10-12)21-18(22)17-11-13-9-14(20)6-7-16(13)25-17/h3-7,9-11H,2,8H2,1H3,(H,21,22). The predicted octanol–water partition coefficient (Wildman–Crippen LogP) is 5.01. The molecular formula is C19H16BrNO4. The summed E-state index contributed by atoms with van der Waals surface area (Å²) in [6.07, 6.45) is 0.754. The number of rotatable bonds is 5. The van der Waals surface area contributed by atoms with Crippen molar-refractivity contribution in [1.82, 2.24) is 0 Å². The highest BCUT2D eigenvalue weighted by atomic mass is 79.9. The first-order chi connectivity index (χ1) is 12.1. The van der Waals surface area contributed by atoms with E-state index in [0.717, 1.165) is 16.3 Å². The summed E-state index contributed by atoms with van der Waals surface area (Å²) in [5, 5.41) is 3.56. The van der Waals surface area contributed by atoms with Crippen molar-refractivity contribution in [1.29, 1.82) is 0 Å². The lowest BCUT2D eigenvalue weighted by Gasteiger charge is -2.06. The summed E-state index contributed by atoms with van der Waals surface area (Å²) >= 11 is 3.39. The molecule has 3 rings (SSSR count). The molecule has 0 saturated carbocycles. The molecule has 0 aliphatic carbocycles. The van der Waals surface area contributed by atoms with Gasteiger partial charge < -0.3 is 14.5 Å². The Morgan fingerprint density at radius 2 is 2.00 bits per heavy atom. The third kappa shape index (κ3) is 4.09. The van der Waals surface area contributed by atoms with Crippen LogP contribution in [0, 0.1) is 0 Å². The molecule has 25 heavy (non-hydrogen) atoms. The number of ether oxygens (including phenoxy) is 1. The predicted molar refractivity (Wildman–Crippen MR) is 98.9 cm³/mol. The van der Waals surface area contributed by atoms with Gasteiger partial charge in [0, 0.05) is 15.5 Å². The topological polar surface area (TPSA) is 68.5 Å². The number of amides is 1. The molecule has 2 aromatic carbocycles. The van der Waals surface area contributed by atoms with Gasteiger partial charge in [0.1, 0.15) is 5.58 Å². The minimum atomic E-state index is -0.411.